The fraction of sp³-hybridized carbons (Fsp3) is 0.340. The van der Waals surface area contributed by atoms with Crippen LogP contribution in [-0.4, -0.2) is 31.2 Å². The number of esters is 1. The molecule has 1 aliphatic rings. The smallest absolute Gasteiger partial charge is 0.311 e. The van der Waals surface area contributed by atoms with E-state index in [1.807, 2.05) is 13.8 Å². The summed E-state index contributed by atoms with van der Waals surface area (Å²) in [6.07, 6.45) is 6.75. The maximum atomic E-state index is 13.2. The van der Waals surface area contributed by atoms with E-state index in [0.717, 1.165) is 63.7 Å². The fourth-order valence-electron chi connectivity index (χ4n) is 8.47. The Bertz CT molecular complexity index is 2120. The number of benzene rings is 6. The Kier molecular flexibility index (Phi) is 13.2. The molecule has 0 bridgehead atoms. The number of nitrogens with zero attached hydrogens (tertiary/aromatic N) is 2. The molecule has 6 aromatic carbocycles. The minimum absolute atomic E-state index is 0.00518. The molecule has 7 rings (SSSR count). The van der Waals surface area contributed by atoms with Crippen LogP contribution in [0.1, 0.15) is 102 Å². The SMILES string of the molecule is CCCN(c1ccccc1)c1ccc(C(c2ccc(N(CCC)c3ccccc3)cc2)c2ccc(NC3CCCCC3OC(=O)C(C)(C)CC)c3ccccc23)cc1. The second-order valence-electron chi connectivity index (χ2n) is 16.6. The summed E-state index contributed by atoms with van der Waals surface area (Å²) >= 11 is 0. The van der Waals surface area contributed by atoms with Crippen LogP contribution in [0.5, 0.6) is 0 Å². The van der Waals surface area contributed by atoms with Crippen molar-refractivity contribution < 1.29 is 9.53 Å². The molecular weight excluding hydrogens is 711 g/mol. The van der Waals surface area contributed by atoms with E-state index in [1.54, 1.807) is 0 Å². The number of rotatable bonds is 16. The number of fused-ring (bicyclic) bond motifs is 1. The first kappa shape index (κ1) is 40.6. The molecule has 0 aromatic heterocycles. The molecule has 0 saturated heterocycles. The number of carbonyl (C=O) groups is 1. The molecule has 2 unspecified atom stereocenters. The first-order chi connectivity index (χ1) is 28.3. The highest BCUT2D eigenvalue weighted by Gasteiger charge is 2.34. The van der Waals surface area contributed by atoms with Gasteiger partial charge in [0.2, 0.25) is 0 Å². The van der Waals surface area contributed by atoms with Crippen LogP contribution in [0.2, 0.25) is 0 Å². The molecule has 58 heavy (non-hydrogen) atoms. The molecule has 5 nitrogen and oxygen atoms in total. The molecule has 2 atom stereocenters. The van der Waals surface area contributed by atoms with Crippen molar-refractivity contribution in [2.75, 3.05) is 28.2 Å². The molecule has 6 aromatic rings. The van der Waals surface area contributed by atoms with Crippen molar-refractivity contribution in [3.63, 3.8) is 0 Å². The van der Waals surface area contributed by atoms with Gasteiger partial charge in [-0.3, -0.25) is 4.79 Å². The number of hydrogen-bond acceptors (Lipinski definition) is 5. The zero-order valence-electron chi connectivity index (χ0n) is 35.2. The van der Waals surface area contributed by atoms with E-state index in [9.17, 15) is 4.79 Å². The van der Waals surface area contributed by atoms with Crippen molar-refractivity contribution in [2.45, 2.75) is 97.6 Å². The van der Waals surface area contributed by atoms with Crippen LogP contribution in [0.25, 0.3) is 10.8 Å². The Hall–Kier alpha value is -5.55. The molecular formula is C53H61N3O2. The molecule has 1 fully saturated rings. The number of hydrogen-bond donors (Lipinski definition) is 1. The van der Waals surface area contributed by atoms with Crippen LogP contribution in [-0.2, 0) is 9.53 Å². The number of ether oxygens (including phenoxy) is 1. The minimum atomic E-state index is -0.493. The van der Waals surface area contributed by atoms with Gasteiger partial charge in [-0.25, -0.2) is 0 Å². The van der Waals surface area contributed by atoms with Crippen molar-refractivity contribution in [3.05, 3.63) is 162 Å². The molecule has 0 amide bonds. The van der Waals surface area contributed by atoms with Crippen LogP contribution in [0.4, 0.5) is 28.4 Å². The van der Waals surface area contributed by atoms with Crippen molar-refractivity contribution in [1.82, 2.24) is 0 Å². The number of nitrogens with one attached hydrogen (secondary N) is 1. The fourth-order valence-corrected chi connectivity index (χ4v) is 8.47. The third kappa shape index (κ3) is 9.10. The molecule has 1 N–H and O–H groups in total. The molecule has 300 valence electrons. The first-order valence-electron chi connectivity index (χ1n) is 21.7. The summed E-state index contributed by atoms with van der Waals surface area (Å²) in [5.41, 5.74) is 9.15. The third-order valence-electron chi connectivity index (χ3n) is 12.1. The second kappa shape index (κ2) is 18.8. The summed E-state index contributed by atoms with van der Waals surface area (Å²) in [6.45, 7) is 12.4. The van der Waals surface area contributed by atoms with Gasteiger partial charge in [-0.1, -0.05) is 118 Å². The predicted octanol–water partition coefficient (Wildman–Crippen LogP) is 13.8. The molecule has 1 saturated carbocycles. The maximum Gasteiger partial charge on any atom is 0.311 e. The number of para-hydroxylation sites is 2. The van der Waals surface area contributed by atoms with Crippen LogP contribution in [0.15, 0.2) is 146 Å². The number of carbonyl (C=O) groups excluding carboxylic acids is 1. The van der Waals surface area contributed by atoms with Gasteiger partial charge in [-0.15, -0.1) is 0 Å². The van der Waals surface area contributed by atoms with Gasteiger partial charge in [0.1, 0.15) is 6.10 Å². The van der Waals surface area contributed by atoms with Crippen LogP contribution in [0, 0.1) is 5.41 Å². The van der Waals surface area contributed by atoms with Crippen LogP contribution in [0.3, 0.4) is 0 Å². The quantitative estimate of drug-likeness (QED) is 0.0784. The molecule has 1 aliphatic carbocycles. The van der Waals surface area contributed by atoms with Gasteiger partial charge >= 0.3 is 5.97 Å². The van der Waals surface area contributed by atoms with Gasteiger partial charge in [0, 0.05) is 52.8 Å². The van der Waals surface area contributed by atoms with E-state index in [2.05, 4.69) is 181 Å². The van der Waals surface area contributed by atoms with E-state index in [-0.39, 0.29) is 24.0 Å². The zero-order chi connectivity index (χ0) is 40.5. The predicted molar refractivity (Wildman–Crippen MR) is 245 cm³/mol. The monoisotopic (exact) mass is 771 g/mol. The Labute approximate surface area is 347 Å². The second-order valence-corrected chi connectivity index (χ2v) is 16.6. The van der Waals surface area contributed by atoms with Gasteiger partial charge in [0.25, 0.3) is 0 Å². The minimum Gasteiger partial charge on any atom is -0.460 e. The summed E-state index contributed by atoms with van der Waals surface area (Å²) in [6, 6.07) is 53.3. The molecule has 0 radical (unpaired) electrons. The van der Waals surface area contributed by atoms with Gasteiger partial charge < -0.3 is 19.9 Å². The van der Waals surface area contributed by atoms with E-state index in [4.69, 9.17) is 4.74 Å². The largest absolute Gasteiger partial charge is 0.460 e. The lowest BCUT2D eigenvalue weighted by Gasteiger charge is -2.35. The lowest BCUT2D eigenvalue weighted by molar-refractivity contribution is -0.161. The van der Waals surface area contributed by atoms with Gasteiger partial charge in [0.05, 0.1) is 11.5 Å². The van der Waals surface area contributed by atoms with Crippen molar-refractivity contribution in [2.24, 2.45) is 5.41 Å². The lowest BCUT2D eigenvalue weighted by Crippen LogP contribution is -2.42. The first-order valence-corrected chi connectivity index (χ1v) is 21.7. The van der Waals surface area contributed by atoms with E-state index >= 15 is 0 Å². The van der Waals surface area contributed by atoms with Crippen LogP contribution >= 0.6 is 0 Å². The highest BCUT2D eigenvalue weighted by atomic mass is 16.5. The van der Waals surface area contributed by atoms with E-state index in [1.165, 1.54) is 50.2 Å². The van der Waals surface area contributed by atoms with Crippen molar-refractivity contribution in [3.8, 4) is 0 Å². The summed E-state index contributed by atoms with van der Waals surface area (Å²) in [7, 11) is 0. The average molecular weight is 772 g/mol. The van der Waals surface area contributed by atoms with E-state index in [0.29, 0.717) is 0 Å². The highest BCUT2D eigenvalue weighted by molar-refractivity contribution is 5.97. The molecule has 0 spiro atoms. The Balaban J connectivity index is 1.28. The van der Waals surface area contributed by atoms with Gasteiger partial charge in [-0.05, 0) is 129 Å². The normalized spacial score (nSPS) is 15.6. The van der Waals surface area contributed by atoms with Crippen molar-refractivity contribution in [1.29, 1.82) is 0 Å². The zero-order valence-corrected chi connectivity index (χ0v) is 35.2. The standard InChI is InChI=1S/C53H61N3O2/c1-6-37-55(41-19-11-9-12-20-41)43-31-27-39(28-32-43)51(40-29-33-44(34-30-40)56(38-7-2)42-21-13-10-14-22-42)47-35-36-48(46-24-16-15-23-45(46)47)54-49-25-17-18-26-50(49)58-52(57)53(4,5)8-3/h9-16,19-24,27-36,49-51,54H,6-8,17-18,25-26,37-38H2,1-5H3. The molecule has 0 aliphatic heterocycles. The summed E-state index contributed by atoms with van der Waals surface area (Å²) in [5.74, 6) is -0.105. The topological polar surface area (TPSA) is 44.8 Å². The van der Waals surface area contributed by atoms with Crippen molar-refractivity contribution >= 4 is 45.2 Å². The van der Waals surface area contributed by atoms with Gasteiger partial charge in [0.15, 0.2) is 0 Å². The maximum absolute atomic E-state index is 13.2. The van der Waals surface area contributed by atoms with Gasteiger partial charge in [-0.2, -0.15) is 0 Å². The van der Waals surface area contributed by atoms with Crippen LogP contribution < -0.4 is 15.1 Å². The average Bonchev–Trinajstić information content (AvgIpc) is 3.27. The Morgan fingerprint density at radius 2 is 1.10 bits per heavy atom. The Morgan fingerprint density at radius 3 is 1.62 bits per heavy atom. The number of anilines is 5. The summed E-state index contributed by atoms with van der Waals surface area (Å²) in [4.78, 5) is 18.1. The third-order valence-corrected chi connectivity index (χ3v) is 12.1. The Morgan fingerprint density at radius 1 is 0.621 bits per heavy atom. The summed E-state index contributed by atoms with van der Waals surface area (Å²) < 4.78 is 6.25. The summed E-state index contributed by atoms with van der Waals surface area (Å²) in [5, 5.41) is 6.30. The molecule has 0 heterocycles. The lowest BCUT2D eigenvalue weighted by atomic mass is 9.82. The highest BCUT2D eigenvalue weighted by Crippen LogP contribution is 2.41. The molecule has 5 heteroatoms. The van der Waals surface area contributed by atoms with E-state index < -0.39 is 5.41 Å².